The summed E-state index contributed by atoms with van der Waals surface area (Å²) in [7, 11) is 0. The first-order chi connectivity index (χ1) is 12.4. The summed E-state index contributed by atoms with van der Waals surface area (Å²) >= 11 is 0. The Morgan fingerprint density at radius 2 is 1.50 bits per heavy atom. The molecule has 8 nitrogen and oxygen atoms in total. The molecular formula is C18H12N2O6. The third kappa shape index (κ3) is 2.95. The molecule has 0 fully saturated rings. The Morgan fingerprint density at radius 3 is 2.15 bits per heavy atom. The molecule has 130 valence electrons. The van der Waals surface area contributed by atoms with E-state index < -0.39 is 30.3 Å². The summed E-state index contributed by atoms with van der Waals surface area (Å²) in [5, 5.41) is 1.74. The van der Waals surface area contributed by atoms with Crippen molar-refractivity contribution in [2.24, 2.45) is 5.73 Å². The number of primary amides is 1. The van der Waals surface area contributed by atoms with E-state index in [1.54, 1.807) is 17.4 Å². The van der Waals surface area contributed by atoms with Crippen LogP contribution >= 0.6 is 0 Å². The predicted octanol–water partition coefficient (Wildman–Crippen LogP) is 0.814. The first-order valence-electron chi connectivity index (χ1n) is 7.48. The van der Waals surface area contributed by atoms with Crippen LogP contribution in [0.2, 0.25) is 0 Å². The third-order valence-electron chi connectivity index (χ3n) is 3.77. The van der Waals surface area contributed by atoms with Gasteiger partial charge in [0.2, 0.25) is 0 Å². The first-order valence-corrected chi connectivity index (χ1v) is 7.48. The van der Waals surface area contributed by atoms with Crippen LogP contribution in [0.1, 0.15) is 42.2 Å². The van der Waals surface area contributed by atoms with Crippen LogP contribution in [0.4, 0.5) is 4.79 Å². The van der Waals surface area contributed by atoms with Crippen molar-refractivity contribution in [2.45, 2.75) is 0 Å². The molecule has 0 atom stereocenters. The van der Waals surface area contributed by atoms with Gasteiger partial charge in [-0.2, -0.15) is 0 Å². The summed E-state index contributed by atoms with van der Waals surface area (Å²) in [6.07, 6.45) is 0. The molecule has 3 N–H and O–H groups in total. The van der Waals surface area contributed by atoms with Crippen molar-refractivity contribution in [3.63, 3.8) is 0 Å². The van der Waals surface area contributed by atoms with E-state index in [-0.39, 0.29) is 33.6 Å². The number of nitrogens with one attached hydrogen (secondary N) is 1. The average Bonchev–Trinajstić information content (AvgIpc) is 2.63. The number of fused-ring (bicyclic) bond motifs is 2. The molecule has 0 heterocycles. The molecule has 0 radical (unpaired) electrons. The van der Waals surface area contributed by atoms with Crippen LogP contribution in [0.5, 0.6) is 0 Å². The second-order valence-corrected chi connectivity index (χ2v) is 5.42. The number of ether oxygens (including phenoxy) is 1. The van der Waals surface area contributed by atoms with E-state index >= 15 is 0 Å². The highest BCUT2D eigenvalue weighted by Crippen LogP contribution is 2.29. The fourth-order valence-electron chi connectivity index (χ4n) is 2.70. The molecule has 0 unspecified atom stereocenters. The molecule has 3 rings (SSSR count). The minimum Gasteiger partial charge on any atom is -0.452 e. The predicted molar refractivity (Wildman–Crippen MR) is 87.8 cm³/mol. The quantitative estimate of drug-likeness (QED) is 0.670. The zero-order chi connectivity index (χ0) is 18.8. The van der Waals surface area contributed by atoms with Gasteiger partial charge < -0.3 is 10.5 Å². The number of benzene rings is 2. The highest BCUT2D eigenvalue weighted by Gasteiger charge is 2.33. The molecule has 0 saturated carbocycles. The number of imide groups is 1. The highest BCUT2D eigenvalue weighted by molar-refractivity contribution is 6.30. The zero-order valence-corrected chi connectivity index (χ0v) is 13.3. The van der Waals surface area contributed by atoms with Gasteiger partial charge in [-0.1, -0.05) is 36.4 Å². The van der Waals surface area contributed by atoms with E-state index in [1.165, 1.54) is 30.3 Å². The van der Waals surface area contributed by atoms with Crippen LogP contribution in [-0.2, 0) is 9.53 Å². The van der Waals surface area contributed by atoms with Gasteiger partial charge in [-0.25, -0.2) is 9.59 Å². The van der Waals surface area contributed by atoms with Crippen molar-refractivity contribution < 1.29 is 28.7 Å². The molecule has 0 spiro atoms. The summed E-state index contributed by atoms with van der Waals surface area (Å²) in [5.74, 6) is -2.74. The Morgan fingerprint density at radius 1 is 0.885 bits per heavy atom. The number of nitrogens with two attached hydrogens (primary N) is 1. The van der Waals surface area contributed by atoms with E-state index in [1.807, 2.05) is 0 Å². The minimum atomic E-state index is -1.08. The van der Waals surface area contributed by atoms with Gasteiger partial charge in [0.15, 0.2) is 18.2 Å². The smallest absolute Gasteiger partial charge is 0.339 e. The number of ketones is 2. The van der Waals surface area contributed by atoms with E-state index in [2.05, 4.69) is 0 Å². The lowest BCUT2D eigenvalue weighted by molar-refractivity contribution is -0.123. The van der Waals surface area contributed by atoms with E-state index in [9.17, 15) is 24.0 Å². The normalized spacial score (nSPS) is 12.0. The van der Waals surface area contributed by atoms with E-state index in [0.29, 0.717) is 0 Å². The molecule has 1 aliphatic carbocycles. The van der Waals surface area contributed by atoms with Crippen LogP contribution in [0.3, 0.4) is 0 Å². The van der Waals surface area contributed by atoms with Gasteiger partial charge in [-0.3, -0.25) is 19.7 Å². The second-order valence-electron chi connectivity index (χ2n) is 5.42. The minimum absolute atomic E-state index is 0.0727. The molecule has 0 aliphatic heterocycles. The number of hydrogen-bond acceptors (Lipinski definition) is 6. The van der Waals surface area contributed by atoms with Crippen LogP contribution in [-0.4, -0.2) is 36.1 Å². The molecule has 3 amide bonds. The molecule has 2 aromatic rings. The number of carbonyl (C=O) groups excluding carboxylic acids is 5. The number of esters is 1. The SMILES string of the molecule is NC(=O)NC(=O)COC(=O)c1cccc2c1C(=O)c1ccccc1C2=O. The summed E-state index contributed by atoms with van der Waals surface area (Å²) in [6, 6.07) is 9.43. The topological polar surface area (TPSA) is 133 Å². The Balaban J connectivity index is 1.93. The van der Waals surface area contributed by atoms with Gasteiger partial charge in [0.05, 0.1) is 5.56 Å². The third-order valence-corrected chi connectivity index (χ3v) is 3.77. The highest BCUT2D eigenvalue weighted by atomic mass is 16.5. The fraction of sp³-hybridized carbons (Fsp3) is 0.0556. The summed E-state index contributed by atoms with van der Waals surface area (Å²) in [4.78, 5) is 59.6. The van der Waals surface area contributed by atoms with Crippen molar-refractivity contribution >= 4 is 29.5 Å². The maximum Gasteiger partial charge on any atom is 0.339 e. The van der Waals surface area contributed by atoms with Crippen LogP contribution in [0.15, 0.2) is 42.5 Å². The van der Waals surface area contributed by atoms with Gasteiger partial charge in [-0.15, -0.1) is 0 Å². The van der Waals surface area contributed by atoms with E-state index in [4.69, 9.17) is 10.5 Å². The lowest BCUT2D eigenvalue weighted by Crippen LogP contribution is -2.38. The molecule has 2 aromatic carbocycles. The summed E-state index contributed by atoms with van der Waals surface area (Å²) in [6.45, 7) is -0.760. The number of carbonyl (C=O) groups is 5. The molecule has 0 bridgehead atoms. The van der Waals surface area contributed by atoms with Gasteiger partial charge in [0, 0.05) is 22.3 Å². The number of amides is 3. The number of rotatable bonds is 3. The molecule has 1 aliphatic rings. The van der Waals surface area contributed by atoms with Crippen molar-refractivity contribution in [1.82, 2.24) is 5.32 Å². The second kappa shape index (κ2) is 6.60. The van der Waals surface area contributed by atoms with E-state index in [0.717, 1.165) is 0 Å². The van der Waals surface area contributed by atoms with Crippen molar-refractivity contribution in [3.05, 3.63) is 70.3 Å². The lowest BCUT2D eigenvalue weighted by atomic mass is 9.82. The Bertz CT molecular complexity index is 979. The van der Waals surface area contributed by atoms with Crippen LogP contribution in [0.25, 0.3) is 0 Å². The molecular weight excluding hydrogens is 340 g/mol. The van der Waals surface area contributed by atoms with Crippen molar-refractivity contribution in [1.29, 1.82) is 0 Å². The molecule has 8 heteroatoms. The average molecular weight is 352 g/mol. The molecule has 0 saturated heterocycles. The van der Waals surface area contributed by atoms with Gasteiger partial charge in [-0.05, 0) is 6.07 Å². The summed E-state index contributed by atoms with van der Waals surface area (Å²) < 4.78 is 4.81. The molecule has 26 heavy (non-hydrogen) atoms. The Labute approximate surface area is 146 Å². The maximum atomic E-state index is 12.8. The Hall–Kier alpha value is -3.81. The number of hydrogen-bond donors (Lipinski definition) is 2. The van der Waals surface area contributed by atoms with Gasteiger partial charge >= 0.3 is 12.0 Å². The van der Waals surface area contributed by atoms with Crippen molar-refractivity contribution in [2.75, 3.05) is 6.61 Å². The van der Waals surface area contributed by atoms with Gasteiger partial charge in [0.25, 0.3) is 5.91 Å². The first kappa shape index (κ1) is 17.0. The maximum absolute atomic E-state index is 12.8. The summed E-state index contributed by atoms with van der Waals surface area (Å²) in [5.41, 5.74) is 5.12. The zero-order valence-electron chi connectivity index (χ0n) is 13.3. The standard InChI is InChI=1S/C18H12N2O6/c19-18(25)20-13(21)8-26-17(24)12-7-3-6-11-14(12)16(23)10-5-2-1-4-9(10)15(11)22/h1-7H,8H2,(H3,19,20,21,25). The monoisotopic (exact) mass is 352 g/mol. The Kier molecular flexibility index (Phi) is 4.32. The van der Waals surface area contributed by atoms with Crippen LogP contribution in [0, 0.1) is 0 Å². The largest absolute Gasteiger partial charge is 0.452 e. The molecule has 0 aromatic heterocycles. The van der Waals surface area contributed by atoms with Crippen molar-refractivity contribution in [3.8, 4) is 0 Å². The fourth-order valence-corrected chi connectivity index (χ4v) is 2.70. The lowest BCUT2D eigenvalue weighted by Gasteiger charge is -2.19. The van der Waals surface area contributed by atoms with Gasteiger partial charge in [0.1, 0.15) is 0 Å². The van der Waals surface area contributed by atoms with Crippen LogP contribution < -0.4 is 11.1 Å². The number of urea groups is 1.